The molecule has 0 saturated carbocycles. The van der Waals surface area contributed by atoms with Gasteiger partial charge in [-0.25, -0.2) is 4.99 Å². The Morgan fingerprint density at radius 2 is 1.86 bits per heavy atom. The third-order valence-electron chi connectivity index (χ3n) is 5.05. The van der Waals surface area contributed by atoms with Gasteiger partial charge in [-0.15, -0.1) is 24.0 Å². The third kappa shape index (κ3) is 9.42. The van der Waals surface area contributed by atoms with Crippen molar-refractivity contribution in [3.8, 4) is 11.5 Å². The molecule has 0 amide bonds. The molecule has 0 bridgehead atoms. The zero-order valence-corrected chi connectivity index (χ0v) is 20.8. The van der Waals surface area contributed by atoms with Crippen LogP contribution >= 0.6 is 24.0 Å². The lowest BCUT2D eigenvalue weighted by atomic mass is 9.97. The number of guanidine groups is 1. The van der Waals surface area contributed by atoms with E-state index < -0.39 is 0 Å². The Labute approximate surface area is 193 Å². The normalized spacial score (nSPS) is 16.6. The van der Waals surface area contributed by atoms with Crippen molar-refractivity contribution in [1.29, 1.82) is 0 Å². The molecule has 1 heterocycles. The van der Waals surface area contributed by atoms with Crippen molar-refractivity contribution in [2.24, 2.45) is 10.9 Å². The molecule has 1 atom stereocenters. The molecule has 0 spiro atoms. The van der Waals surface area contributed by atoms with E-state index in [1.54, 1.807) is 7.11 Å². The van der Waals surface area contributed by atoms with Crippen molar-refractivity contribution in [1.82, 2.24) is 15.5 Å². The number of hydrogen-bond donors (Lipinski definition) is 2. The lowest BCUT2D eigenvalue weighted by molar-refractivity contribution is 0.185. The first-order valence-electron chi connectivity index (χ1n) is 10.7. The number of likely N-dealkylation sites (tertiary alicyclic amines) is 1. The fraction of sp³-hybridized carbons (Fsp3) is 0.682. The number of piperidine rings is 1. The summed E-state index contributed by atoms with van der Waals surface area (Å²) in [6.07, 6.45) is 3.73. The van der Waals surface area contributed by atoms with Crippen LogP contribution in [0.15, 0.2) is 29.3 Å². The summed E-state index contributed by atoms with van der Waals surface area (Å²) in [7, 11) is 1.66. The van der Waals surface area contributed by atoms with Crippen molar-refractivity contribution in [2.75, 3.05) is 46.4 Å². The van der Waals surface area contributed by atoms with Gasteiger partial charge in [-0.1, -0.05) is 19.1 Å². The van der Waals surface area contributed by atoms with E-state index >= 15 is 0 Å². The molecule has 1 unspecified atom stereocenters. The number of rotatable bonds is 10. The summed E-state index contributed by atoms with van der Waals surface area (Å²) < 4.78 is 11.4. The van der Waals surface area contributed by atoms with Gasteiger partial charge in [-0.05, 0) is 70.8 Å². The highest BCUT2D eigenvalue weighted by atomic mass is 127. The minimum Gasteiger partial charge on any atom is -0.493 e. The molecular weight excluding hydrogens is 479 g/mol. The second-order valence-electron chi connectivity index (χ2n) is 7.46. The molecule has 0 aromatic heterocycles. The van der Waals surface area contributed by atoms with Crippen LogP contribution in [0.4, 0.5) is 0 Å². The number of ether oxygens (including phenoxy) is 2. The average molecular weight is 518 g/mol. The number of aliphatic imine (C=N–C) groups is 1. The van der Waals surface area contributed by atoms with E-state index in [0.29, 0.717) is 6.54 Å². The van der Waals surface area contributed by atoms with Crippen molar-refractivity contribution in [2.45, 2.75) is 46.1 Å². The second-order valence-corrected chi connectivity index (χ2v) is 7.46. The fourth-order valence-electron chi connectivity index (χ4n) is 3.50. The Hall–Kier alpha value is -1.22. The van der Waals surface area contributed by atoms with Crippen molar-refractivity contribution in [3.63, 3.8) is 0 Å². The van der Waals surface area contributed by atoms with E-state index in [-0.39, 0.29) is 30.1 Å². The summed E-state index contributed by atoms with van der Waals surface area (Å²) in [5.41, 5.74) is 0. The summed E-state index contributed by atoms with van der Waals surface area (Å²) in [5, 5.41) is 6.86. The van der Waals surface area contributed by atoms with Crippen LogP contribution in [0.3, 0.4) is 0 Å². The molecule has 1 saturated heterocycles. The van der Waals surface area contributed by atoms with Gasteiger partial charge in [0.15, 0.2) is 17.5 Å². The maximum absolute atomic E-state index is 6.00. The van der Waals surface area contributed by atoms with E-state index in [1.807, 2.05) is 31.2 Å². The summed E-state index contributed by atoms with van der Waals surface area (Å²) in [4.78, 5) is 7.29. The van der Waals surface area contributed by atoms with Crippen LogP contribution < -0.4 is 20.1 Å². The van der Waals surface area contributed by atoms with Gasteiger partial charge in [0.05, 0.1) is 13.7 Å². The Kier molecular flexibility index (Phi) is 13.1. The maximum atomic E-state index is 6.00. The predicted molar refractivity (Wildman–Crippen MR) is 132 cm³/mol. The SMILES string of the molecule is CCCN1CCC(CNC(=NCC(C)Oc2ccccc2OC)NCC)CC1.I. The van der Waals surface area contributed by atoms with Gasteiger partial charge in [-0.3, -0.25) is 0 Å². The van der Waals surface area contributed by atoms with Gasteiger partial charge < -0.3 is 25.0 Å². The monoisotopic (exact) mass is 518 g/mol. The van der Waals surface area contributed by atoms with E-state index in [4.69, 9.17) is 14.5 Å². The smallest absolute Gasteiger partial charge is 0.191 e. The molecule has 2 rings (SSSR count). The largest absolute Gasteiger partial charge is 0.493 e. The van der Waals surface area contributed by atoms with Gasteiger partial charge in [0.2, 0.25) is 0 Å². The van der Waals surface area contributed by atoms with Gasteiger partial charge in [0, 0.05) is 13.1 Å². The van der Waals surface area contributed by atoms with Crippen LogP contribution in [-0.2, 0) is 0 Å². The molecule has 1 aromatic carbocycles. The molecule has 1 aromatic rings. The number of nitrogens with one attached hydrogen (secondary N) is 2. The van der Waals surface area contributed by atoms with Crippen LogP contribution in [-0.4, -0.2) is 63.3 Å². The van der Waals surface area contributed by atoms with Crippen LogP contribution in [0.25, 0.3) is 0 Å². The van der Waals surface area contributed by atoms with E-state index in [1.165, 1.54) is 38.9 Å². The third-order valence-corrected chi connectivity index (χ3v) is 5.05. The Morgan fingerprint density at radius 1 is 1.17 bits per heavy atom. The molecule has 1 aliphatic rings. The standard InChI is InChI=1S/C22H38N4O2.HI/c1-5-13-26-14-11-19(12-15-26)17-25-22(23-6-2)24-16-18(3)28-21-10-8-7-9-20(21)27-4;/h7-10,18-19H,5-6,11-17H2,1-4H3,(H2,23,24,25);1H. The zero-order chi connectivity index (χ0) is 20.2. The molecule has 166 valence electrons. The molecule has 1 aliphatic heterocycles. The molecule has 1 fully saturated rings. The highest BCUT2D eigenvalue weighted by Gasteiger charge is 2.18. The lowest BCUT2D eigenvalue weighted by Gasteiger charge is -2.32. The Balaban J connectivity index is 0.00000420. The second kappa shape index (κ2) is 14.7. The minimum absolute atomic E-state index is 0. The summed E-state index contributed by atoms with van der Waals surface area (Å²) >= 11 is 0. The number of benzene rings is 1. The molecule has 29 heavy (non-hydrogen) atoms. The van der Waals surface area contributed by atoms with Gasteiger partial charge in [-0.2, -0.15) is 0 Å². The summed E-state index contributed by atoms with van der Waals surface area (Å²) in [5.74, 6) is 3.09. The first kappa shape index (κ1) is 25.8. The van der Waals surface area contributed by atoms with Gasteiger partial charge in [0.1, 0.15) is 6.10 Å². The lowest BCUT2D eigenvalue weighted by Crippen LogP contribution is -2.43. The Morgan fingerprint density at radius 3 is 2.48 bits per heavy atom. The van der Waals surface area contributed by atoms with Crippen molar-refractivity contribution >= 4 is 29.9 Å². The van der Waals surface area contributed by atoms with Crippen LogP contribution in [0.5, 0.6) is 11.5 Å². The van der Waals surface area contributed by atoms with Gasteiger partial charge >= 0.3 is 0 Å². The van der Waals surface area contributed by atoms with E-state index in [9.17, 15) is 0 Å². The molecule has 0 aliphatic carbocycles. The number of para-hydroxylation sites is 2. The summed E-state index contributed by atoms with van der Waals surface area (Å²) in [6, 6.07) is 7.72. The number of nitrogens with zero attached hydrogens (tertiary/aromatic N) is 2. The molecule has 6 nitrogen and oxygen atoms in total. The zero-order valence-electron chi connectivity index (χ0n) is 18.4. The number of halogens is 1. The highest BCUT2D eigenvalue weighted by Crippen LogP contribution is 2.26. The maximum Gasteiger partial charge on any atom is 0.191 e. The van der Waals surface area contributed by atoms with E-state index in [0.717, 1.165) is 36.5 Å². The van der Waals surface area contributed by atoms with Crippen molar-refractivity contribution in [3.05, 3.63) is 24.3 Å². The highest BCUT2D eigenvalue weighted by molar-refractivity contribution is 14.0. The minimum atomic E-state index is -0.0379. The number of hydrogen-bond acceptors (Lipinski definition) is 4. The summed E-state index contributed by atoms with van der Waals surface area (Å²) in [6.45, 7) is 12.5. The van der Waals surface area contributed by atoms with Crippen molar-refractivity contribution < 1.29 is 9.47 Å². The Bertz CT molecular complexity index is 592. The molecule has 7 heteroatoms. The van der Waals surface area contributed by atoms with Crippen LogP contribution in [0, 0.1) is 5.92 Å². The van der Waals surface area contributed by atoms with Gasteiger partial charge in [0.25, 0.3) is 0 Å². The quantitative estimate of drug-likeness (QED) is 0.281. The van der Waals surface area contributed by atoms with Crippen LogP contribution in [0.1, 0.15) is 40.0 Å². The average Bonchev–Trinajstić information content (AvgIpc) is 2.72. The van der Waals surface area contributed by atoms with Crippen LogP contribution in [0.2, 0.25) is 0 Å². The first-order valence-corrected chi connectivity index (χ1v) is 10.7. The fourth-order valence-corrected chi connectivity index (χ4v) is 3.50. The first-order chi connectivity index (χ1) is 13.7. The molecular formula is C22H39IN4O2. The predicted octanol–water partition coefficient (Wildman–Crippen LogP) is 3.76. The topological polar surface area (TPSA) is 58.1 Å². The molecule has 0 radical (unpaired) electrons. The van der Waals surface area contributed by atoms with E-state index in [2.05, 4.69) is 29.4 Å². The number of methoxy groups -OCH3 is 1. The molecule has 2 N–H and O–H groups in total.